The van der Waals surface area contributed by atoms with Gasteiger partial charge in [-0.05, 0) is 50.4 Å². The zero-order valence-electron chi connectivity index (χ0n) is 10.8. The lowest BCUT2D eigenvalue weighted by Gasteiger charge is -2.23. The molecule has 96 valence electrons. The van der Waals surface area contributed by atoms with Crippen molar-refractivity contribution in [3.63, 3.8) is 0 Å². The Morgan fingerprint density at radius 1 is 1.33 bits per heavy atom. The number of hydrogen-bond donors (Lipinski definition) is 3. The molecule has 1 saturated heterocycles. The molecule has 0 saturated carbocycles. The van der Waals surface area contributed by atoms with Gasteiger partial charge < -0.3 is 15.4 Å². The largest absolute Gasteiger partial charge is 0.507 e. The maximum Gasteiger partial charge on any atom is 0.128 e. The highest BCUT2D eigenvalue weighted by molar-refractivity contribution is 5.87. The second-order valence-corrected chi connectivity index (χ2v) is 5.34. The molecule has 1 aromatic heterocycles. The molecule has 1 aliphatic rings. The number of nitrogens with one attached hydrogen (secondary N) is 2. The van der Waals surface area contributed by atoms with E-state index in [9.17, 15) is 5.11 Å². The van der Waals surface area contributed by atoms with E-state index in [2.05, 4.69) is 16.4 Å². The van der Waals surface area contributed by atoms with Crippen molar-refractivity contribution < 1.29 is 5.11 Å². The molecule has 0 aliphatic carbocycles. The highest BCUT2D eigenvalue weighted by atomic mass is 16.3. The van der Waals surface area contributed by atoms with Gasteiger partial charge in [-0.25, -0.2) is 0 Å². The van der Waals surface area contributed by atoms with Crippen LogP contribution in [0.4, 0.5) is 0 Å². The summed E-state index contributed by atoms with van der Waals surface area (Å²) in [5.74, 6) is 0.448. The molecular weight excluding hydrogens is 224 g/mol. The van der Waals surface area contributed by atoms with Gasteiger partial charge in [0.1, 0.15) is 5.75 Å². The number of aryl methyl sites for hydroxylation is 1. The molecule has 2 aromatic rings. The lowest BCUT2D eigenvalue weighted by Crippen LogP contribution is -2.35. The fraction of sp³-hybridized carbons (Fsp3) is 0.467. The molecule has 0 bridgehead atoms. The molecule has 3 rings (SSSR count). The van der Waals surface area contributed by atoms with E-state index < -0.39 is 0 Å². The third kappa shape index (κ3) is 2.10. The average molecular weight is 244 g/mol. The molecule has 2 heterocycles. The summed E-state index contributed by atoms with van der Waals surface area (Å²) in [7, 11) is 0. The van der Waals surface area contributed by atoms with Crippen molar-refractivity contribution in [2.75, 3.05) is 6.54 Å². The zero-order valence-corrected chi connectivity index (χ0v) is 10.8. The first-order chi connectivity index (χ1) is 8.74. The Morgan fingerprint density at radius 3 is 3.00 bits per heavy atom. The minimum atomic E-state index is 0.448. The van der Waals surface area contributed by atoms with Gasteiger partial charge in [-0.3, -0.25) is 0 Å². The molecule has 3 heteroatoms. The normalized spacial score (nSPS) is 20.4. The molecule has 1 aliphatic heterocycles. The fourth-order valence-corrected chi connectivity index (χ4v) is 2.90. The summed E-state index contributed by atoms with van der Waals surface area (Å²) < 4.78 is 0. The maximum absolute atomic E-state index is 10.3. The highest BCUT2D eigenvalue weighted by Gasteiger charge is 2.16. The predicted octanol–water partition coefficient (Wildman–Crippen LogP) is 2.87. The first-order valence-corrected chi connectivity index (χ1v) is 6.77. The second kappa shape index (κ2) is 4.65. The fourth-order valence-electron chi connectivity index (χ4n) is 2.90. The van der Waals surface area contributed by atoms with Crippen LogP contribution in [0.15, 0.2) is 18.2 Å². The molecule has 3 nitrogen and oxygen atoms in total. The van der Waals surface area contributed by atoms with E-state index in [1.54, 1.807) is 0 Å². The van der Waals surface area contributed by atoms with Crippen molar-refractivity contribution in [3.8, 4) is 5.75 Å². The predicted molar refractivity (Wildman–Crippen MR) is 74.0 cm³/mol. The number of rotatable bonds is 2. The Balaban J connectivity index is 1.89. The monoisotopic (exact) mass is 244 g/mol. The molecule has 18 heavy (non-hydrogen) atoms. The molecule has 0 spiro atoms. The van der Waals surface area contributed by atoms with E-state index >= 15 is 0 Å². The van der Waals surface area contributed by atoms with E-state index in [1.165, 1.54) is 19.3 Å². The number of aromatic nitrogens is 1. The quantitative estimate of drug-likeness (QED) is 0.760. The minimum absolute atomic E-state index is 0.448. The van der Waals surface area contributed by atoms with Gasteiger partial charge in [0.2, 0.25) is 0 Å². The summed E-state index contributed by atoms with van der Waals surface area (Å²) in [6, 6.07) is 6.65. The Morgan fingerprint density at radius 2 is 2.22 bits per heavy atom. The number of piperidine rings is 1. The van der Waals surface area contributed by atoms with Gasteiger partial charge in [-0.1, -0.05) is 12.5 Å². The molecule has 1 unspecified atom stereocenters. The molecule has 0 radical (unpaired) electrons. The van der Waals surface area contributed by atoms with Gasteiger partial charge >= 0.3 is 0 Å². The minimum Gasteiger partial charge on any atom is -0.507 e. The third-order valence-corrected chi connectivity index (χ3v) is 3.87. The van der Waals surface area contributed by atoms with Crippen LogP contribution in [-0.4, -0.2) is 22.7 Å². The Bertz CT molecular complexity index is 553. The first-order valence-electron chi connectivity index (χ1n) is 6.77. The standard InChI is InChI=1S/C15H20N2O/c1-10-8-13-14(17-10)6-5-11(15(13)18)9-12-4-2-3-7-16-12/h5-6,8,12,16-18H,2-4,7,9H2,1H3. The van der Waals surface area contributed by atoms with E-state index in [1.807, 2.05) is 19.1 Å². The average Bonchev–Trinajstić information content (AvgIpc) is 2.76. The molecule has 1 atom stereocenters. The van der Waals surface area contributed by atoms with Crippen LogP contribution in [0.2, 0.25) is 0 Å². The molecule has 3 N–H and O–H groups in total. The van der Waals surface area contributed by atoms with Crippen molar-refractivity contribution in [2.24, 2.45) is 0 Å². The number of aromatic amines is 1. The summed E-state index contributed by atoms with van der Waals surface area (Å²) in [6.07, 6.45) is 4.71. The maximum atomic E-state index is 10.3. The summed E-state index contributed by atoms with van der Waals surface area (Å²) in [5.41, 5.74) is 3.17. The Kier molecular flexibility index (Phi) is 3.00. The number of aromatic hydroxyl groups is 1. The third-order valence-electron chi connectivity index (χ3n) is 3.87. The van der Waals surface area contributed by atoms with Gasteiger partial charge in [-0.15, -0.1) is 0 Å². The van der Waals surface area contributed by atoms with E-state index in [4.69, 9.17) is 0 Å². The number of benzene rings is 1. The zero-order chi connectivity index (χ0) is 12.5. The molecule has 1 aromatic carbocycles. The van der Waals surface area contributed by atoms with Crippen molar-refractivity contribution in [3.05, 3.63) is 29.5 Å². The van der Waals surface area contributed by atoms with Crippen LogP contribution in [0.3, 0.4) is 0 Å². The highest BCUT2D eigenvalue weighted by Crippen LogP contribution is 2.30. The van der Waals surface area contributed by atoms with Crippen LogP contribution in [-0.2, 0) is 6.42 Å². The van der Waals surface area contributed by atoms with Crippen LogP contribution in [0, 0.1) is 6.92 Å². The van der Waals surface area contributed by atoms with Crippen LogP contribution < -0.4 is 5.32 Å². The van der Waals surface area contributed by atoms with E-state index in [-0.39, 0.29) is 0 Å². The number of fused-ring (bicyclic) bond motifs is 1. The van der Waals surface area contributed by atoms with Crippen molar-refractivity contribution in [1.29, 1.82) is 0 Å². The number of hydrogen-bond acceptors (Lipinski definition) is 2. The van der Waals surface area contributed by atoms with Crippen molar-refractivity contribution in [2.45, 2.75) is 38.6 Å². The lowest BCUT2D eigenvalue weighted by molar-refractivity contribution is 0.392. The van der Waals surface area contributed by atoms with Gasteiger partial charge in [0.25, 0.3) is 0 Å². The number of phenolic OH excluding ortho intramolecular Hbond substituents is 1. The van der Waals surface area contributed by atoms with Crippen molar-refractivity contribution >= 4 is 10.9 Å². The molecule has 0 amide bonds. The van der Waals surface area contributed by atoms with Crippen molar-refractivity contribution in [1.82, 2.24) is 10.3 Å². The summed E-state index contributed by atoms with van der Waals surface area (Å²) in [6.45, 7) is 3.12. The summed E-state index contributed by atoms with van der Waals surface area (Å²) in [5, 5.41) is 14.8. The number of H-pyrrole nitrogens is 1. The van der Waals surface area contributed by atoms with Gasteiger partial charge in [0.05, 0.1) is 0 Å². The number of phenols is 1. The lowest BCUT2D eigenvalue weighted by atomic mass is 9.96. The van der Waals surface area contributed by atoms with Crippen LogP contribution >= 0.6 is 0 Å². The van der Waals surface area contributed by atoms with Gasteiger partial charge in [0.15, 0.2) is 0 Å². The summed E-state index contributed by atoms with van der Waals surface area (Å²) in [4.78, 5) is 3.25. The van der Waals surface area contributed by atoms with Gasteiger partial charge in [0, 0.05) is 22.6 Å². The van der Waals surface area contributed by atoms with E-state index in [0.29, 0.717) is 11.8 Å². The van der Waals surface area contributed by atoms with Crippen LogP contribution in [0.1, 0.15) is 30.5 Å². The van der Waals surface area contributed by atoms with E-state index in [0.717, 1.165) is 35.1 Å². The Hall–Kier alpha value is -1.48. The second-order valence-electron chi connectivity index (χ2n) is 5.34. The smallest absolute Gasteiger partial charge is 0.128 e. The summed E-state index contributed by atoms with van der Waals surface area (Å²) >= 11 is 0. The topological polar surface area (TPSA) is 48.0 Å². The molecular formula is C15H20N2O. The van der Waals surface area contributed by atoms with Gasteiger partial charge in [-0.2, -0.15) is 0 Å². The van der Waals surface area contributed by atoms with Crippen LogP contribution in [0.25, 0.3) is 10.9 Å². The Labute approximate surface area is 107 Å². The first kappa shape index (κ1) is 11.6. The van der Waals surface area contributed by atoms with Crippen LogP contribution in [0.5, 0.6) is 5.75 Å². The molecule has 1 fully saturated rings. The SMILES string of the molecule is Cc1cc2c(O)c(CC3CCCCN3)ccc2[nH]1.